The van der Waals surface area contributed by atoms with E-state index in [1.165, 1.54) is 11.8 Å². The molecule has 0 unspecified atom stereocenters. The minimum absolute atomic E-state index is 0.0493. The molecule has 0 aromatic heterocycles. The lowest BCUT2D eigenvalue weighted by atomic mass is 10.1. The predicted molar refractivity (Wildman–Crippen MR) is 56.8 cm³/mol. The Morgan fingerprint density at radius 3 is 2.71 bits per heavy atom. The van der Waals surface area contributed by atoms with Gasteiger partial charge in [-0.1, -0.05) is 13.8 Å². The van der Waals surface area contributed by atoms with Crippen LogP contribution in [0, 0.1) is 17.2 Å². The molecule has 0 aromatic carbocycles. The van der Waals surface area contributed by atoms with Crippen molar-refractivity contribution in [3.8, 4) is 6.07 Å². The molecule has 0 aromatic rings. The zero-order chi connectivity index (χ0) is 11.0. The van der Waals surface area contributed by atoms with Crippen LogP contribution in [-0.4, -0.2) is 35.2 Å². The summed E-state index contributed by atoms with van der Waals surface area (Å²) in [4.78, 5) is 11.2. The number of nitrogens with one attached hydrogen (secondary N) is 1. The Kier molecular flexibility index (Phi) is 7.25. The number of hydrogen-bond acceptors (Lipinski definition) is 4. The first-order valence-electron chi connectivity index (χ1n) is 4.46. The van der Waals surface area contributed by atoms with Gasteiger partial charge in [0.25, 0.3) is 0 Å². The molecule has 0 saturated carbocycles. The van der Waals surface area contributed by atoms with Crippen molar-refractivity contribution >= 4 is 17.7 Å². The Bertz CT molecular complexity index is 213. The summed E-state index contributed by atoms with van der Waals surface area (Å²) in [6.07, 6.45) is 0. The number of amides is 1. The van der Waals surface area contributed by atoms with E-state index < -0.39 is 0 Å². The van der Waals surface area contributed by atoms with Crippen LogP contribution in [0.2, 0.25) is 0 Å². The molecule has 0 spiro atoms. The molecule has 0 bridgehead atoms. The summed E-state index contributed by atoms with van der Waals surface area (Å²) in [5.41, 5.74) is 0. The molecule has 0 aliphatic carbocycles. The van der Waals surface area contributed by atoms with Gasteiger partial charge >= 0.3 is 0 Å². The van der Waals surface area contributed by atoms with Crippen molar-refractivity contribution in [2.75, 3.05) is 18.1 Å². The van der Waals surface area contributed by atoms with Crippen molar-refractivity contribution in [1.29, 1.82) is 5.26 Å². The Labute approximate surface area is 88.7 Å². The van der Waals surface area contributed by atoms with Crippen LogP contribution in [0.3, 0.4) is 0 Å². The number of aliphatic hydroxyl groups is 1. The second kappa shape index (κ2) is 7.65. The van der Waals surface area contributed by atoms with Crippen molar-refractivity contribution in [1.82, 2.24) is 5.32 Å². The van der Waals surface area contributed by atoms with Gasteiger partial charge < -0.3 is 10.4 Å². The molecule has 0 radical (unpaired) electrons. The zero-order valence-electron chi connectivity index (χ0n) is 8.49. The second-order valence-electron chi connectivity index (χ2n) is 3.25. The Hall–Kier alpha value is -0.730. The normalized spacial score (nSPS) is 12.2. The fourth-order valence-corrected chi connectivity index (χ4v) is 1.32. The topological polar surface area (TPSA) is 73.1 Å². The lowest BCUT2D eigenvalue weighted by molar-refractivity contribution is -0.119. The maximum atomic E-state index is 11.2. The molecule has 0 heterocycles. The van der Waals surface area contributed by atoms with Gasteiger partial charge in [-0.15, -0.1) is 11.8 Å². The van der Waals surface area contributed by atoms with Gasteiger partial charge in [-0.2, -0.15) is 5.26 Å². The Morgan fingerprint density at radius 2 is 2.29 bits per heavy atom. The van der Waals surface area contributed by atoms with E-state index in [2.05, 4.69) is 5.32 Å². The van der Waals surface area contributed by atoms with Crippen LogP contribution in [0.15, 0.2) is 0 Å². The van der Waals surface area contributed by atoms with E-state index in [4.69, 9.17) is 10.4 Å². The van der Waals surface area contributed by atoms with Gasteiger partial charge in [0.15, 0.2) is 0 Å². The first-order valence-corrected chi connectivity index (χ1v) is 5.62. The highest BCUT2D eigenvalue weighted by molar-refractivity contribution is 8.00. The number of carbonyl (C=O) groups excluding carboxylic acids is 1. The summed E-state index contributed by atoms with van der Waals surface area (Å²) in [7, 11) is 0. The maximum Gasteiger partial charge on any atom is 0.230 e. The number of rotatable bonds is 6. The van der Waals surface area contributed by atoms with Crippen molar-refractivity contribution < 1.29 is 9.90 Å². The summed E-state index contributed by atoms with van der Waals surface area (Å²) in [6, 6.07) is 1.76. The van der Waals surface area contributed by atoms with Crippen molar-refractivity contribution in [2.45, 2.75) is 19.9 Å². The molecule has 1 amide bonds. The average molecular weight is 216 g/mol. The van der Waals surface area contributed by atoms with Crippen LogP contribution in [-0.2, 0) is 4.79 Å². The van der Waals surface area contributed by atoms with Gasteiger partial charge in [-0.05, 0) is 5.92 Å². The SMILES string of the molecule is CC(C)[C@@H](CO)NC(=O)CSCC#N. The first-order chi connectivity index (χ1) is 6.61. The summed E-state index contributed by atoms with van der Waals surface area (Å²) >= 11 is 1.27. The van der Waals surface area contributed by atoms with E-state index in [1.54, 1.807) is 0 Å². The summed E-state index contributed by atoms with van der Waals surface area (Å²) < 4.78 is 0. The number of aliphatic hydroxyl groups excluding tert-OH is 1. The van der Waals surface area contributed by atoms with Gasteiger partial charge in [0.05, 0.1) is 30.2 Å². The molecule has 1 atom stereocenters. The fraction of sp³-hybridized carbons (Fsp3) is 0.778. The van der Waals surface area contributed by atoms with Crippen LogP contribution in [0.1, 0.15) is 13.8 Å². The van der Waals surface area contributed by atoms with E-state index >= 15 is 0 Å². The number of nitriles is 1. The van der Waals surface area contributed by atoms with Crippen LogP contribution >= 0.6 is 11.8 Å². The highest BCUT2D eigenvalue weighted by Gasteiger charge is 2.14. The molecule has 0 rings (SSSR count). The Morgan fingerprint density at radius 1 is 1.64 bits per heavy atom. The van der Waals surface area contributed by atoms with E-state index in [-0.39, 0.29) is 30.2 Å². The molecule has 14 heavy (non-hydrogen) atoms. The third-order valence-corrected chi connectivity index (χ3v) is 2.55. The molecule has 5 heteroatoms. The molecule has 4 nitrogen and oxygen atoms in total. The highest BCUT2D eigenvalue weighted by atomic mass is 32.2. The van der Waals surface area contributed by atoms with E-state index in [9.17, 15) is 4.79 Å². The number of nitrogens with zero attached hydrogens (tertiary/aromatic N) is 1. The molecule has 0 fully saturated rings. The minimum atomic E-state index is -0.190. The quantitative estimate of drug-likeness (QED) is 0.629. The molecule has 0 saturated heterocycles. The van der Waals surface area contributed by atoms with Crippen LogP contribution in [0.5, 0.6) is 0 Å². The van der Waals surface area contributed by atoms with Crippen LogP contribution in [0.25, 0.3) is 0 Å². The lowest BCUT2D eigenvalue weighted by Gasteiger charge is -2.19. The largest absolute Gasteiger partial charge is 0.394 e. The van der Waals surface area contributed by atoms with Crippen LogP contribution < -0.4 is 5.32 Å². The lowest BCUT2D eigenvalue weighted by Crippen LogP contribution is -2.42. The van der Waals surface area contributed by atoms with Crippen molar-refractivity contribution in [2.24, 2.45) is 5.92 Å². The summed E-state index contributed by atoms with van der Waals surface area (Å²) in [6.45, 7) is 3.82. The van der Waals surface area contributed by atoms with Crippen molar-refractivity contribution in [3.05, 3.63) is 0 Å². The van der Waals surface area contributed by atoms with Gasteiger partial charge in [-0.3, -0.25) is 4.79 Å². The standard InChI is InChI=1S/C9H16N2O2S/c1-7(2)8(5-12)11-9(13)6-14-4-3-10/h7-8,12H,4-6H2,1-2H3,(H,11,13)/t8-/m1/s1. The molecule has 0 aliphatic rings. The van der Waals surface area contributed by atoms with E-state index in [1.807, 2.05) is 19.9 Å². The number of thioether (sulfide) groups is 1. The van der Waals surface area contributed by atoms with Gasteiger partial charge in [-0.25, -0.2) is 0 Å². The van der Waals surface area contributed by atoms with Crippen molar-refractivity contribution in [3.63, 3.8) is 0 Å². The first kappa shape index (κ1) is 13.3. The van der Waals surface area contributed by atoms with E-state index in [0.717, 1.165) is 0 Å². The molecule has 80 valence electrons. The second-order valence-corrected chi connectivity index (χ2v) is 4.24. The molecule has 2 N–H and O–H groups in total. The third-order valence-electron chi connectivity index (χ3n) is 1.75. The summed E-state index contributed by atoms with van der Waals surface area (Å²) in [5, 5.41) is 19.9. The maximum absolute atomic E-state index is 11.2. The summed E-state index contributed by atoms with van der Waals surface area (Å²) in [5.74, 6) is 0.679. The Balaban J connectivity index is 3.75. The highest BCUT2D eigenvalue weighted by Crippen LogP contribution is 2.02. The third kappa shape index (κ3) is 5.84. The van der Waals surface area contributed by atoms with Crippen LogP contribution in [0.4, 0.5) is 0 Å². The number of carbonyl (C=O) groups is 1. The average Bonchev–Trinajstić information content (AvgIpc) is 2.14. The molecular formula is C9H16N2O2S. The van der Waals surface area contributed by atoms with Gasteiger partial charge in [0.2, 0.25) is 5.91 Å². The number of hydrogen-bond donors (Lipinski definition) is 2. The van der Waals surface area contributed by atoms with Gasteiger partial charge in [0.1, 0.15) is 0 Å². The van der Waals surface area contributed by atoms with Gasteiger partial charge in [0, 0.05) is 0 Å². The van der Waals surface area contributed by atoms with E-state index in [0.29, 0.717) is 5.75 Å². The zero-order valence-corrected chi connectivity index (χ0v) is 9.30. The predicted octanol–water partition coefficient (Wildman–Crippen LogP) is 0.376. The molecule has 0 aliphatic heterocycles. The fourth-order valence-electron chi connectivity index (χ4n) is 0.861. The monoisotopic (exact) mass is 216 g/mol. The minimum Gasteiger partial charge on any atom is -0.394 e. The molecular weight excluding hydrogens is 200 g/mol. The smallest absolute Gasteiger partial charge is 0.230 e.